The van der Waals surface area contributed by atoms with Gasteiger partial charge in [-0.3, -0.25) is 0 Å². The SMILES string of the molecule is CCNC(=NCc1ccc(C)cc1)NCC1CCN(CC)C1.I. The van der Waals surface area contributed by atoms with Crippen LogP contribution in [0.2, 0.25) is 0 Å². The molecule has 0 bridgehead atoms. The molecular formula is C18H31IN4. The normalized spacial score (nSPS) is 18.6. The molecule has 130 valence electrons. The number of benzene rings is 1. The summed E-state index contributed by atoms with van der Waals surface area (Å²) < 4.78 is 0. The third-order valence-corrected chi connectivity index (χ3v) is 4.26. The Hall–Kier alpha value is -0.820. The van der Waals surface area contributed by atoms with Gasteiger partial charge >= 0.3 is 0 Å². The largest absolute Gasteiger partial charge is 0.357 e. The number of guanidine groups is 1. The van der Waals surface area contributed by atoms with E-state index >= 15 is 0 Å². The van der Waals surface area contributed by atoms with Crippen LogP contribution in [0.25, 0.3) is 0 Å². The molecule has 4 nitrogen and oxygen atoms in total. The summed E-state index contributed by atoms with van der Waals surface area (Å²) in [6.07, 6.45) is 1.29. The van der Waals surface area contributed by atoms with Crippen LogP contribution < -0.4 is 10.6 Å². The molecule has 1 atom stereocenters. The maximum atomic E-state index is 4.69. The maximum Gasteiger partial charge on any atom is 0.191 e. The Kier molecular flexibility index (Phi) is 9.55. The predicted octanol–water partition coefficient (Wildman–Crippen LogP) is 3.01. The second kappa shape index (κ2) is 10.9. The van der Waals surface area contributed by atoms with E-state index in [9.17, 15) is 0 Å². The van der Waals surface area contributed by atoms with Crippen LogP contribution in [0.15, 0.2) is 29.3 Å². The summed E-state index contributed by atoms with van der Waals surface area (Å²) >= 11 is 0. The van der Waals surface area contributed by atoms with Gasteiger partial charge in [0.15, 0.2) is 5.96 Å². The predicted molar refractivity (Wildman–Crippen MR) is 110 cm³/mol. The Bertz CT molecular complexity index is 472. The van der Waals surface area contributed by atoms with E-state index < -0.39 is 0 Å². The average molecular weight is 430 g/mol. The highest BCUT2D eigenvalue weighted by molar-refractivity contribution is 14.0. The molecule has 1 unspecified atom stereocenters. The molecule has 1 aliphatic heterocycles. The second-order valence-corrected chi connectivity index (χ2v) is 6.11. The lowest BCUT2D eigenvalue weighted by Crippen LogP contribution is -2.40. The molecule has 1 fully saturated rings. The number of likely N-dealkylation sites (tertiary alicyclic amines) is 1. The molecule has 5 heteroatoms. The second-order valence-electron chi connectivity index (χ2n) is 6.11. The van der Waals surface area contributed by atoms with Crippen molar-refractivity contribution in [1.82, 2.24) is 15.5 Å². The molecule has 0 aromatic heterocycles. The molecule has 0 amide bonds. The number of aliphatic imine (C=N–C) groups is 1. The van der Waals surface area contributed by atoms with E-state index in [1.165, 1.54) is 30.6 Å². The van der Waals surface area contributed by atoms with Gasteiger partial charge in [-0.05, 0) is 44.8 Å². The van der Waals surface area contributed by atoms with Crippen LogP contribution >= 0.6 is 24.0 Å². The number of halogens is 1. The fourth-order valence-electron chi connectivity index (χ4n) is 2.81. The number of rotatable bonds is 6. The van der Waals surface area contributed by atoms with Crippen molar-refractivity contribution < 1.29 is 0 Å². The number of hydrogen-bond acceptors (Lipinski definition) is 2. The Morgan fingerprint density at radius 3 is 2.57 bits per heavy atom. The van der Waals surface area contributed by atoms with Gasteiger partial charge in [0, 0.05) is 19.6 Å². The fraction of sp³-hybridized carbons (Fsp3) is 0.611. The first-order valence-corrected chi connectivity index (χ1v) is 8.51. The lowest BCUT2D eigenvalue weighted by atomic mass is 10.1. The van der Waals surface area contributed by atoms with Gasteiger partial charge in [0.05, 0.1) is 6.54 Å². The van der Waals surface area contributed by atoms with Crippen LogP contribution in [-0.4, -0.2) is 43.6 Å². The smallest absolute Gasteiger partial charge is 0.191 e. The lowest BCUT2D eigenvalue weighted by Gasteiger charge is -2.16. The highest BCUT2D eigenvalue weighted by atomic mass is 127. The van der Waals surface area contributed by atoms with Crippen LogP contribution in [-0.2, 0) is 6.54 Å². The first kappa shape index (κ1) is 20.2. The summed E-state index contributed by atoms with van der Waals surface area (Å²) in [4.78, 5) is 7.21. The molecular weight excluding hydrogens is 399 g/mol. The molecule has 1 aromatic rings. The summed E-state index contributed by atoms with van der Waals surface area (Å²) in [6.45, 7) is 12.7. The minimum Gasteiger partial charge on any atom is -0.357 e. The molecule has 1 saturated heterocycles. The van der Waals surface area contributed by atoms with Crippen molar-refractivity contribution in [2.75, 3.05) is 32.7 Å². The summed E-state index contributed by atoms with van der Waals surface area (Å²) in [5, 5.41) is 6.84. The molecule has 2 rings (SSSR count). The molecule has 0 saturated carbocycles. The van der Waals surface area contributed by atoms with Crippen molar-refractivity contribution in [1.29, 1.82) is 0 Å². The van der Waals surface area contributed by atoms with Crippen molar-refractivity contribution >= 4 is 29.9 Å². The van der Waals surface area contributed by atoms with E-state index in [4.69, 9.17) is 4.99 Å². The summed E-state index contributed by atoms with van der Waals surface area (Å²) in [5.41, 5.74) is 2.54. The molecule has 0 aliphatic carbocycles. The van der Waals surface area contributed by atoms with E-state index in [-0.39, 0.29) is 24.0 Å². The van der Waals surface area contributed by atoms with E-state index in [0.29, 0.717) is 0 Å². The van der Waals surface area contributed by atoms with E-state index in [2.05, 4.69) is 60.6 Å². The Morgan fingerprint density at radius 1 is 1.22 bits per heavy atom. The van der Waals surface area contributed by atoms with Gasteiger partial charge in [-0.15, -0.1) is 24.0 Å². The van der Waals surface area contributed by atoms with E-state index in [0.717, 1.165) is 38.1 Å². The average Bonchev–Trinajstić information content (AvgIpc) is 3.00. The minimum atomic E-state index is 0. The fourth-order valence-corrected chi connectivity index (χ4v) is 2.81. The Labute approximate surface area is 158 Å². The van der Waals surface area contributed by atoms with Crippen molar-refractivity contribution in [3.05, 3.63) is 35.4 Å². The summed E-state index contributed by atoms with van der Waals surface area (Å²) in [6, 6.07) is 8.59. The van der Waals surface area contributed by atoms with Gasteiger partial charge in [-0.25, -0.2) is 4.99 Å². The lowest BCUT2D eigenvalue weighted by molar-refractivity contribution is 0.342. The monoisotopic (exact) mass is 430 g/mol. The number of nitrogens with zero attached hydrogens (tertiary/aromatic N) is 2. The van der Waals surface area contributed by atoms with Gasteiger partial charge in [0.25, 0.3) is 0 Å². The number of hydrogen-bond donors (Lipinski definition) is 2. The zero-order chi connectivity index (χ0) is 15.8. The van der Waals surface area contributed by atoms with E-state index in [1.807, 2.05) is 0 Å². The standard InChI is InChI=1S/C18H30N4.HI/c1-4-19-18(20-12-16-8-6-15(3)7-9-16)21-13-17-10-11-22(5-2)14-17;/h6-9,17H,4-5,10-14H2,1-3H3,(H2,19,20,21);1H. The minimum absolute atomic E-state index is 0. The van der Waals surface area contributed by atoms with Gasteiger partial charge in [0.2, 0.25) is 0 Å². The van der Waals surface area contributed by atoms with Gasteiger partial charge in [-0.1, -0.05) is 36.8 Å². The molecule has 0 spiro atoms. The van der Waals surface area contributed by atoms with Crippen LogP contribution in [0.1, 0.15) is 31.4 Å². The third-order valence-electron chi connectivity index (χ3n) is 4.26. The highest BCUT2D eigenvalue weighted by Crippen LogP contribution is 2.14. The van der Waals surface area contributed by atoms with Gasteiger partial charge in [-0.2, -0.15) is 0 Å². The summed E-state index contributed by atoms with van der Waals surface area (Å²) in [5.74, 6) is 1.67. The maximum absolute atomic E-state index is 4.69. The Morgan fingerprint density at radius 2 is 1.96 bits per heavy atom. The highest BCUT2D eigenvalue weighted by Gasteiger charge is 2.20. The number of nitrogens with one attached hydrogen (secondary N) is 2. The zero-order valence-electron chi connectivity index (χ0n) is 14.6. The molecule has 1 aliphatic rings. The third kappa shape index (κ3) is 7.08. The van der Waals surface area contributed by atoms with Crippen molar-refractivity contribution in [2.24, 2.45) is 10.9 Å². The quantitative estimate of drug-likeness (QED) is 0.414. The van der Waals surface area contributed by atoms with Crippen LogP contribution in [0.3, 0.4) is 0 Å². The van der Waals surface area contributed by atoms with E-state index in [1.54, 1.807) is 0 Å². The van der Waals surface area contributed by atoms with Gasteiger partial charge in [0.1, 0.15) is 0 Å². The first-order valence-electron chi connectivity index (χ1n) is 8.51. The molecule has 1 aromatic carbocycles. The first-order chi connectivity index (χ1) is 10.7. The Balaban J connectivity index is 0.00000264. The zero-order valence-corrected chi connectivity index (χ0v) is 17.0. The van der Waals surface area contributed by atoms with Gasteiger partial charge < -0.3 is 15.5 Å². The van der Waals surface area contributed by atoms with Crippen LogP contribution in [0.4, 0.5) is 0 Å². The van der Waals surface area contributed by atoms with Crippen molar-refractivity contribution in [2.45, 2.75) is 33.7 Å². The molecule has 2 N–H and O–H groups in total. The topological polar surface area (TPSA) is 39.7 Å². The molecule has 1 heterocycles. The van der Waals surface area contributed by atoms with Crippen molar-refractivity contribution in [3.63, 3.8) is 0 Å². The molecule has 23 heavy (non-hydrogen) atoms. The number of aryl methyl sites for hydroxylation is 1. The molecule has 0 radical (unpaired) electrons. The van der Waals surface area contributed by atoms with Crippen molar-refractivity contribution in [3.8, 4) is 0 Å². The van der Waals surface area contributed by atoms with Crippen LogP contribution in [0, 0.1) is 12.8 Å². The van der Waals surface area contributed by atoms with Crippen LogP contribution in [0.5, 0.6) is 0 Å². The summed E-state index contributed by atoms with van der Waals surface area (Å²) in [7, 11) is 0.